The molecular formula is C14H20N6OS. The van der Waals surface area contributed by atoms with E-state index >= 15 is 0 Å². The third-order valence-corrected chi connectivity index (χ3v) is 3.87. The molecular weight excluding hydrogens is 300 g/mol. The summed E-state index contributed by atoms with van der Waals surface area (Å²) in [5, 5.41) is 5.97. The van der Waals surface area contributed by atoms with Crippen LogP contribution in [0.5, 0.6) is 0 Å². The van der Waals surface area contributed by atoms with Gasteiger partial charge in [0.25, 0.3) is 5.91 Å². The number of carbonyl (C=O) groups is 1. The van der Waals surface area contributed by atoms with Crippen LogP contribution in [-0.2, 0) is 0 Å². The average Bonchev–Trinajstić information content (AvgIpc) is 2.89. The lowest BCUT2D eigenvalue weighted by molar-refractivity contribution is 0.0958. The van der Waals surface area contributed by atoms with E-state index < -0.39 is 0 Å². The molecule has 0 aliphatic rings. The van der Waals surface area contributed by atoms with Gasteiger partial charge in [-0.15, -0.1) is 11.3 Å². The number of anilines is 2. The van der Waals surface area contributed by atoms with Gasteiger partial charge < -0.3 is 15.5 Å². The number of hydrogen-bond donors (Lipinski definition) is 2. The van der Waals surface area contributed by atoms with E-state index in [1.807, 2.05) is 38.9 Å². The van der Waals surface area contributed by atoms with Crippen molar-refractivity contribution in [1.29, 1.82) is 0 Å². The van der Waals surface area contributed by atoms with E-state index in [9.17, 15) is 4.79 Å². The molecule has 0 aromatic carbocycles. The molecule has 2 heterocycles. The Morgan fingerprint density at radius 1 is 1.27 bits per heavy atom. The predicted octanol–water partition coefficient (Wildman–Crippen LogP) is 1.46. The van der Waals surface area contributed by atoms with Crippen LogP contribution in [0.1, 0.15) is 21.1 Å². The second-order valence-electron chi connectivity index (χ2n) is 5.04. The molecule has 0 bridgehead atoms. The molecule has 8 heteroatoms. The third kappa shape index (κ3) is 4.14. The van der Waals surface area contributed by atoms with Gasteiger partial charge in [0.05, 0.1) is 11.2 Å². The van der Waals surface area contributed by atoms with Gasteiger partial charge in [0.2, 0.25) is 5.95 Å². The zero-order valence-corrected chi connectivity index (χ0v) is 14.0. The number of thiazole rings is 1. The predicted molar refractivity (Wildman–Crippen MR) is 88.8 cm³/mol. The van der Waals surface area contributed by atoms with Gasteiger partial charge in [0, 0.05) is 38.9 Å². The Kier molecular flexibility index (Phi) is 5.26. The van der Waals surface area contributed by atoms with Gasteiger partial charge in [-0.05, 0) is 13.8 Å². The van der Waals surface area contributed by atoms with E-state index in [-0.39, 0.29) is 5.91 Å². The van der Waals surface area contributed by atoms with E-state index in [1.54, 1.807) is 5.51 Å². The van der Waals surface area contributed by atoms with Crippen molar-refractivity contribution in [1.82, 2.24) is 20.3 Å². The molecule has 0 radical (unpaired) electrons. The molecule has 7 nitrogen and oxygen atoms in total. The molecule has 0 saturated heterocycles. The van der Waals surface area contributed by atoms with Crippen LogP contribution in [0.25, 0.3) is 0 Å². The summed E-state index contributed by atoms with van der Waals surface area (Å²) in [6.45, 7) is 4.80. The first-order valence-electron chi connectivity index (χ1n) is 6.92. The molecule has 0 atom stereocenters. The summed E-state index contributed by atoms with van der Waals surface area (Å²) in [6, 6.07) is 1.92. The van der Waals surface area contributed by atoms with Crippen molar-refractivity contribution in [3.8, 4) is 0 Å². The van der Waals surface area contributed by atoms with Gasteiger partial charge in [-0.3, -0.25) is 4.79 Å². The van der Waals surface area contributed by atoms with Crippen molar-refractivity contribution in [3.63, 3.8) is 0 Å². The molecule has 0 unspecified atom stereocenters. The summed E-state index contributed by atoms with van der Waals surface area (Å²) < 4.78 is 0. The molecule has 22 heavy (non-hydrogen) atoms. The molecule has 0 spiro atoms. The van der Waals surface area contributed by atoms with E-state index in [1.165, 1.54) is 11.3 Å². The Morgan fingerprint density at radius 3 is 2.68 bits per heavy atom. The number of aryl methyl sites for hydroxylation is 2. The zero-order valence-electron chi connectivity index (χ0n) is 13.2. The normalized spacial score (nSPS) is 10.4. The highest BCUT2D eigenvalue weighted by atomic mass is 32.1. The zero-order chi connectivity index (χ0) is 16.1. The van der Waals surface area contributed by atoms with Crippen molar-refractivity contribution in [2.24, 2.45) is 0 Å². The smallest absolute Gasteiger partial charge is 0.263 e. The average molecular weight is 320 g/mol. The van der Waals surface area contributed by atoms with Gasteiger partial charge in [0.15, 0.2) is 0 Å². The fraction of sp³-hybridized carbons (Fsp3) is 0.429. The number of aromatic nitrogens is 3. The van der Waals surface area contributed by atoms with E-state index in [4.69, 9.17) is 0 Å². The summed E-state index contributed by atoms with van der Waals surface area (Å²) in [4.78, 5) is 27.3. The second-order valence-corrected chi connectivity index (χ2v) is 5.89. The Balaban J connectivity index is 1.84. The summed E-state index contributed by atoms with van der Waals surface area (Å²) in [6.07, 6.45) is 0. The molecule has 0 aliphatic heterocycles. The number of nitrogens with one attached hydrogen (secondary N) is 2. The molecule has 0 fully saturated rings. The van der Waals surface area contributed by atoms with Crippen LogP contribution < -0.4 is 15.5 Å². The monoisotopic (exact) mass is 320 g/mol. The minimum Gasteiger partial charge on any atom is -0.363 e. The van der Waals surface area contributed by atoms with Gasteiger partial charge in [0.1, 0.15) is 10.7 Å². The summed E-state index contributed by atoms with van der Waals surface area (Å²) in [5.74, 6) is 1.31. The van der Waals surface area contributed by atoms with Crippen LogP contribution in [0.4, 0.5) is 11.8 Å². The second kappa shape index (κ2) is 7.17. The summed E-state index contributed by atoms with van der Waals surface area (Å²) in [7, 11) is 3.87. The molecule has 2 rings (SSSR count). The van der Waals surface area contributed by atoms with Gasteiger partial charge in [-0.2, -0.15) is 4.98 Å². The fourth-order valence-electron chi connectivity index (χ4n) is 1.81. The molecule has 1 amide bonds. The Labute approximate surface area is 133 Å². The molecule has 2 N–H and O–H groups in total. The number of carbonyl (C=O) groups excluding carboxylic acids is 1. The van der Waals surface area contributed by atoms with Crippen molar-refractivity contribution < 1.29 is 4.79 Å². The molecule has 0 aliphatic carbocycles. The van der Waals surface area contributed by atoms with Crippen molar-refractivity contribution in [3.05, 3.63) is 27.8 Å². The minimum absolute atomic E-state index is 0.0964. The third-order valence-electron chi connectivity index (χ3n) is 2.94. The number of amides is 1. The summed E-state index contributed by atoms with van der Waals surface area (Å²) >= 11 is 1.35. The van der Waals surface area contributed by atoms with Crippen molar-refractivity contribution in [2.45, 2.75) is 13.8 Å². The lowest BCUT2D eigenvalue weighted by atomic mass is 10.4. The maximum absolute atomic E-state index is 11.9. The lowest BCUT2D eigenvalue weighted by Gasteiger charge is -2.13. The maximum atomic E-state index is 11.9. The fourth-order valence-corrected chi connectivity index (χ4v) is 2.53. The van der Waals surface area contributed by atoms with Crippen LogP contribution in [0.3, 0.4) is 0 Å². The highest BCUT2D eigenvalue weighted by Gasteiger charge is 2.10. The Hall–Kier alpha value is -2.22. The van der Waals surface area contributed by atoms with Gasteiger partial charge in [-0.1, -0.05) is 0 Å². The maximum Gasteiger partial charge on any atom is 0.263 e. The van der Waals surface area contributed by atoms with Gasteiger partial charge in [-0.25, -0.2) is 9.97 Å². The van der Waals surface area contributed by atoms with E-state index in [0.29, 0.717) is 23.9 Å². The SMILES string of the molecule is Cc1cc(N(C)C)nc(NCCNC(=O)c2scnc2C)n1. The minimum atomic E-state index is -0.0964. The standard InChI is InChI=1S/C14H20N6OS/c1-9-7-11(20(3)4)19-14(18-9)16-6-5-15-13(21)12-10(2)17-8-22-12/h7-8H,5-6H2,1-4H3,(H,15,21)(H,16,18,19). The first-order chi connectivity index (χ1) is 10.5. The topological polar surface area (TPSA) is 83.0 Å². The van der Waals surface area contributed by atoms with E-state index in [0.717, 1.165) is 17.2 Å². The first-order valence-corrected chi connectivity index (χ1v) is 7.80. The highest BCUT2D eigenvalue weighted by molar-refractivity contribution is 7.11. The van der Waals surface area contributed by atoms with E-state index in [2.05, 4.69) is 25.6 Å². The Morgan fingerprint density at radius 2 is 2.05 bits per heavy atom. The number of rotatable bonds is 6. The Bertz CT molecular complexity index is 655. The lowest BCUT2D eigenvalue weighted by Crippen LogP contribution is -2.29. The first kappa shape index (κ1) is 16.2. The highest BCUT2D eigenvalue weighted by Crippen LogP contribution is 2.12. The van der Waals surface area contributed by atoms with Crippen LogP contribution in [0.15, 0.2) is 11.6 Å². The molecule has 2 aromatic heterocycles. The van der Waals surface area contributed by atoms with Crippen LogP contribution in [0, 0.1) is 13.8 Å². The molecule has 0 saturated carbocycles. The molecule has 118 valence electrons. The molecule has 2 aromatic rings. The van der Waals surface area contributed by atoms with Crippen LogP contribution in [-0.4, -0.2) is 48.0 Å². The number of hydrogen-bond acceptors (Lipinski definition) is 7. The van der Waals surface area contributed by atoms with Crippen molar-refractivity contribution >= 4 is 29.0 Å². The van der Waals surface area contributed by atoms with Crippen LogP contribution in [0.2, 0.25) is 0 Å². The van der Waals surface area contributed by atoms with Crippen molar-refractivity contribution in [2.75, 3.05) is 37.4 Å². The largest absolute Gasteiger partial charge is 0.363 e. The van der Waals surface area contributed by atoms with Crippen LogP contribution >= 0.6 is 11.3 Å². The van der Waals surface area contributed by atoms with Gasteiger partial charge >= 0.3 is 0 Å². The number of nitrogens with zero attached hydrogens (tertiary/aromatic N) is 4. The summed E-state index contributed by atoms with van der Waals surface area (Å²) in [5.41, 5.74) is 3.32. The quantitative estimate of drug-likeness (QED) is 0.784.